The molecule has 1 aromatic carbocycles. The van der Waals surface area contributed by atoms with Crippen molar-refractivity contribution in [3.05, 3.63) is 18.2 Å². The number of esters is 2. The van der Waals surface area contributed by atoms with Crippen LogP contribution in [0.15, 0.2) is 23.1 Å². The monoisotopic (exact) mass is 432 g/mol. The largest absolute Gasteiger partial charge is 0.493 e. The first-order chi connectivity index (χ1) is 13.7. The zero-order chi connectivity index (χ0) is 22.0. The van der Waals surface area contributed by atoms with E-state index in [0.717, 1.165) is 19.1 Å². The molecule has 0 aliphatic rings. The second-order valence-corrected chi connectivity index (χ2v) is 7.33. The molecule has 0 saturated carbocycles. The molecule has 0 atom stereocenters. The Morgan fingerprint density at radius 2 is 1.48 bits per heavy atom. The van der Waals surface area contributed by atoms with Crippen LogP contribution < -0.4 is 14.2 Å². The van der Waals surface area contributed by atoms with Gasteiger partial charge in [0, 0.05) is 19.0 Å². The van der Waals surface area contributed by atoms with Gasteiger partial charge in [-0.2, -0.15) is 0 Å². The molecular weight excluding hydrogens is 408 g/mol. The molecule has 0 aliphatic heterocycles. The molecule has 11 nitrogen and oxygen atoms in total. The fourth-order valence-corrected chi connectivity index (χ4v) is 3.24. The van der Waals surface area contributed by atoms with Gasteiger partial charge in [-0.15, -0.1) is 0 Å². The average molecular weight is 432 g/mol. The summed E-state index contributed by atoms with van der Waals surface area (Å²) in [5, 5.41) is 0. The van der Waals surface area contributed by atoms with Crippen molar-refractivity contribution in [2.24, 2.45) is 0 Å². The van der Waals surface area contributed by atoms with Crippen molar-refractivity contribution in [2.45, 2.75) is 11.3 Å². The van der Waals surface area contributed by atoms with E-state index < -0.39 is 41.0 Å². The van der Waals surface area contributed by atoms with Crippen molar-refractivity contribution >= 4 is 27.9 Å². The number of benzene rings is 1. The summed E-state index contributed by atoms with van der Waals surface area (Å²) in [6, 6.07) is 4.04. The van der Waals surface area contributed by atoms with Gasteiger partial charge in [0.2, 0.25) is 15.9 Å². The van der Waals surface area contributed by atoms with Crippen molar-refractivity contribution in [1.29, 1.82) is 0 Å². The lowest BCUT2D eigenvalue weighted by atomic mass is 10.3. The second kappa shape index (κ2) is 11.2. The van der Waals surface area contributed by atoms with Crippen LogP contribution in [0.4, 0.5) is 0 Å². The Kier molecular flexibility index (Phi) is 9.35. The third-order valence-corrected chi connectivity index (χ3v) is 5.20. The van der Waals surface area contributed by atoms with Crippen LogP contribution in [0, 0.1) is 0 Å². The Hall–Kier alpha value is -2.86. The van der Waals surface area contributed by atoms with Gasteiger partial charge in [0.1, 0.15) is 13.1 Å². The van der Waals surface area contributed by atoms with Crippen LogP contribution in [-0.2, 0) is 33.9 Å². The number of ether oxygens (including phenoxy) is 4. The van der Waals surface area contributed by atoms with E-state index in [1.54, 1.807) is 0 Å². The number of amides is 1. The zero-order valence-corrected chi connectivity index (χ0v) is 17.4. The highest BCUT2D eigenvalue weighted by atomic mass is 32.2. The number of rotatable bonds is 11. The van der Waals surface area contributed by atoms with Crippen LogP contribution in [-0.4, -0.2) is 79.2 Å². The summed E-state index contributed by atoms with van der Waals surface area (Å²) in [4.78, 5) is 36.0. The predicted octanol–water partition coefficient (Wildman–Crippen LogP) is -0.453. The van der Waals surface area contributed by atoms with Crippen molar-refractivity contribution in [1.82, 2.24) is 9.62 Å². The van der Waals surface area contributed by atoms with Crippen molar-refractivity contribution in [2.75, 3.05) is 48.1 Å². The molecule has 0 spiro atoms. The molecule has 29 heavy (non-hydrogen) atoms. The van der Waals surface area contributed by atoms with Crippen LogP contribution in [0.25, 0.3) is 0 Å². The number of hydrogen-bond acceptors (Lipinski definition) is 9. The van der Waals surface area contributed by atoms with Gasteiger partial charge >= 0.3 is 11.9 Å². The maximum Gasteiger partial charge on any atom is 0.325 e. The molecule has 0 unspecified atom stereocenters. The number of methoxy groups -OCH3 is 4. The standard InChI is InChI=1S/C17H24N2O9S/c1-25-13-6-5-12(9-14(13)26-2)29(23,24)18-8-7-15(20)19(10-16(21)27-3)11-17(22)28-4/h5-6,9,18H,7-8,10-11H2,1-4H3. The maximum absolute atomic E-state index is 12.4. The summed E-state index contributed by atoms with van der Waals surface area (Å²) in [5.74, 6) is -1.49. The first kappa shape index (κ1) is 24.2. The molecule has 1 rings (SSSR count). The van der Waals surface area contributed by atoms with Crippen molar-refractivity contribution in [3.8, 4) is 11.5 Å². The SMILES string of the molecule is COC(=O)CN(CC(=O)OC)C(=O)CCNS(=O)(=O)c1ccc(OC)c(OC)c1. The van der Waals surface area contributed by atoms with Gasteiger partial charge in [0.15, 0.2) is 11.5 Å². The van der Waals surface area contributed by atoms with Gasteiger partial charge in [-0.25, -0.2) is 13.1 Å². The van der Waals surface area contributed by atoms with E-state index >= 15 is 0 Å². The lowest BCUT2D eigenvalue weighted by Crippen LogP contribution is -2.41. The second-order valence-electron chi connectivity index (χ2n) is 5.57. The quantitative estimate of drug-likeness (QED) is 0.461. The topological polar surface area (TPSA) is 138 Å². The molecular formula is C17H24N2O9S. The third-order valence-electron chi connectivity index (χ3n) is 3.74. The molecule has 1 aromatic rings. The number of nitrogens with one attached hydrogen (secondary N) is 1. The summed E-state index contributed by atoms with van der Waals surface area (Å²) in [6.07, 6.45) is -0.291. The summed E-state index contributed by atoms with van der Waals surface area (Å²) in [5.41, 5.74) is 0. The van der Waals surface area contributed by atoms with E-state index in [1.165, 1.54) is 32.4 Å². The number of sulfonamides is 1. The van der Waals surface area contributed by atoms with Crippen LogP contribution >= 0.6 is 0 Å². The lowest BCUT2D eigenvalue weighted by molar-refractivity contribution is -0.152. The molecule has 0 aliphatic carbocycles. The van der Waals surface area contributed by atoms with Gasteiger partial charge in [0.25, 0.3) is 0 Å². The van der Waals surface area contributed by atoms with Crippen LogP contribution in [0.1, 0.15) is 6.42 Å². The molecule has 0 aromatic heterocycles. The number of carbonyl (C=O) groups is 3. The van der Waals surface area contributed by atoms with E-state index in [-0.39, 0.29) is 23.6 Å². The molecule has 1 N–H and O–H groups in total. The van der Waals surface area contributed by atoms with E-state index in [2.05, 4.69) is 14.2 Å². The minimum atomic E-state index is -3.93. The first-order valence-corrected chi connectivity index (χ1v) is 9.79. The molecule has 0 radical (unpaired) electrons. The number of carbonyl (C=O) groups excluding carboxylic acids is 3. The highest BCUT2D eigenvalue weighted by Crippen LogP contribution is 2.29. The van der Waals surface area contributed by atoms with Gasteiger partial charge in [0.05, 0.1) is 33.3 Å². The van der Waals surface area contributed by atoms with Gasteiger partial charge in [-0.3, -0.25) is 14.4 Å². The Morgan fingerprint density at radius 3 is 1.97 bits per heavy atom. The minimum absolute atomic E-state index is 0.0800. The predicted molar refractivity (Wildman–Crippen MR) is 100.0 cm³/mol. The molecule has 0 fully saturated rings. The summed E-state index contributed by atoms with van der Waals surface area (Å²) >= 11 is 0. The lowest BCUT2D eigenvalue weighted by Gasteiger charge is -2.20. The highest BCUT2D eigenvalue weighted by molar-refractivity contribution is 7.89. The molecule has 1 amide bonds. The molecule has 0 saturated heterocycles. The fraction of sp³-hybridized carbons (Fsp3) is 0.471. The van der Waals surface area contributed by atoms with Gasteiger partial charge in [-0.05, 0) is 12.1 Å². The smallest absolute Gasteiger partial charge is 0.325 e. The summed E-state index contributed by atoms with van der Waals surface area (Å²) < 4.78 is 46.2. The molecule has 12 heteroatoms. The van der Waals surface area contributed by atoms with Crippen LogP contribution in [0.5, 0.6) is 11.5 Å². The van der Waals surface area contributed by atoms with Gasteiger partial charge in [-0.1, -0.05) is 0 Å². The van der Waals surface area contributed by atoms with Crippen LogP contribution in [0.3, 0.4) is 0 Å². The van der Waals surface area contributed by atoms with E-state index in [9.17, 15) is 22.8 Å². The first-order valence-electron chi connectivity index (χ1n) is 8.31. The van der Waals surface area contributed by atoms with Gasteiger partial charge < -0.3 is 23.8 Å². The Bertz CT molecular complexity index is 821. The van der Waals surface area contributed by atoms with Crippen molar-refractivity contribution < 1.29 is 41.7 Å². The van der Waals surface area contributed by atoms with Crippen LogP contribution in [0.2, 0.25) is 0 Å². The highest BCUT2D eigenvalue weighted by Gasteiger charge is 2.22. The average Bonchev–Trinajstić information content (AvgIpc) is 2.71. The minimum Gasteiger partial charge on any atom is -0.493 e. The summed E-state index contributed by atoms with van der Waals surface area (Å²) in [7, 11) is 1.14. The number of nitrogens with zero attached hydrogens (tertiary/aromatic N) is 1. The fourth-order valence-electron chi connectivity index (χ4n) is 2.19. The normalized spacial score (nSPS) is 10.8. The zero-order valence-electron chi connectivity index (χ0n) is 16.6. The maximum atomic E-state index is 12.4. The molecule has 0 bridgehead atoms. The third kappa shape index (κ3) is 7.23. The van der Waals surface area contributed by atoms with E-state index in [0.29, 0.717) is 5.75 Å². The van der Waals surface area contributed by atoms with E-state index in [1.807, 2.05) is 0 Å². The Morgan fingerprint density at radius 1 is 0.931 bits per heavy atom. The Labute approximate surface area is 168 Å². The number of hydrogen-bond donors (Lipinski definition) is 1. The van der Waals surface area contributed by atoms with E-state index in [4.69, 9.17) is 9.47 Å². The molecule has 0 heterocycles. The molecule has 162 valence electrons. The Balaban J connectivity index is 2.78. The summed E-state index contributed by atoms with van der Waals surface area (Å²) in [6.45, 7) is -1.19. The van der Waals surface area contributed by atoms with Crippen molar-refractivity contribution in [3.63, 3.8) is 0 Å².